The van der Waals surface area contributed by atoms with Gasteiger partial charge in [0.15, 0.2) is 0 Å². The number of alkyl halides is 1. The van der Waals surface area contributed by atoms with Crippen molar-refractivity contribution in [1.29, 1.82) is 0 Å². The molecule has 0 amide bonds. The summed E-state index contributed by atoms with van der Waals surface area (Å²) in [5, 5.41) is 0. The standard InChI is InChI=1S/C13H20ClNO3S2/c1-4-11-5-6-12(19-11)20(16,17)15-8-10(7-14)18-13(2,3)9-15/h5-6,10H,4,7-9H2,1-3H3. The molecule has 1 saturated heterocycles. The van der Waals surface area contributed by atoms with E-state index in [-0.39, 0.29) is 6.10 Å². The molecule has 0 spiro atoms. The fourth-order valence-electron chi connectivity index (χ4n) is 2.32. The van der Waals surface area contributed by atoms with Gasteiger partial charge in [-0.2, -0.15) is 4.31 Å². The number of sulfonamides is 1. The third kappa shape index (κ3) is 3.36. The fraction of sp³-hybridized carbons (Fsp3) is 0.692. The van der Waals surface area contributed by atoms with Crippen LogP contribution in [-0.4, -0.2) is 43.4 Å². The lowest BCUT2D eigenvalue weighted by Gasteiger charge is -2.41. The highest BCUT2D eigenvalue weighted by molar-refractivity contribution is 7.91. The van der Waals surface area contributed by atoms with Crippen LogP contribution < -0.4 is 0 Å². The van der Waals surface area contributed by atoms with Gasteiger partial charge in [0.1, 0.15) is 4.21 Å². The second kappa shape index (κ2) is 5.93. The predicted molar refractivity (Wildman–Crippen MR) is 82.1 cm³/mol. The van der Waals surface area contributed by atoms with Gasteiger partial charge in [-0.3, -0.25) is 0 Å². The quantitative estimate of drug-likeness (QED) is 0.794. The number of halogens is 1. The third-order valence-corrected chi connectivity index (χ3v) is 7.05. The molecule has 7 heteroatoms. The van der Waals surface area contributed by atoms with Crippen molar-refractivity contribution in [3.05, 3.63) is 17.0 Å². The molecule has 20 heavy (non-hydrogen) atoms. The molecule has 0 aliphatic carbocycles. The lowest BCUT2D eigenvalue weighted by molar-refractivity contribution is -0.107. The molecule has 1 aromatic heterocycles. The molecule has 0 radical (unpaired) electrons. The first-order chi connectivity index (χ1) is 9.28. The van der Waals surface area contributed by atoms with Crippen molar-refractivity contribution in [3.63, 3.8) is 0 Å². The van der Waals surface area contributed by atoms with Crippen LogP contribution in [0.2, 0.25) is 0 Å². The number of hydrogen-bond acceptors (Lipinski definition) is 4. The number of thiophene rings is 1. The van der Waals surface area contributed by atoms with E-state index in [1.807, 2.05) is 26.8 Å². The van der Waals surface area contributed by atoms with Gasteiger partial charge in [-0.05, 0) is 32.4 Å². The van der Waals surface area contributed by atoms with Crippen molar-refractivity contribution < 1.29 is 13.2 Å². The Kier molecular flexibility index (Phi) is 4.81. The van der Waals surface area contributed by atoms with E-state index < -0.39 is 15.6 Å². The number of morpholine rings is 1. The summed E-state index contributed by atoms with van der Waals surface area (Å²) >= 11 is 7.19. The van der Waals surface area contributed by atoms with Crippen LogP contribution >= 0.6 is 22.9 Å². The molecule has 0 saturated carbocycles. The van der Waals surface area contributed by atoms with Crippen LogP contribution in [0.1, 0.15) is 25.6 Å². The van der Waals surface area contributed by atoms with Gasteiger partial charge < -0.3 is 4.74 Å². The summed E-state index contributed by atoms with van der Waals surface area (Å²) in [6.45, 7) is 6.46. The van der Waals surface area contributed by atoms with E-state index in [0.29, 0.717) is 23.2 Å². The molecule has 2 rings (SSSR count). The molecule has 1 aliphatic heterocycles. The first-order valence-electron chi connectivity index (χ1n) is 6.61. The molecule has 1 fully saturated rings. The molecule has 1 atom stereocenters. The molecule has 1 aliphatic rings. The van der Waals surface area contributed by atoms with Crippen LogP contribution in [0.5, 0.6) is 0 Å². The van der Waals surface area contributed by atoms with Crippen molar-refractivity contribution in [2.45, 2.75) is 43.1 Å². The maximum Gasteiger partial charge on any atom is 0.252 e. The first kappa shape index (κ1) is 16.2. The first-order valence-corrected chi connectivity index (χ1v) is 9.40. The molecule has 0 aromatic carbocycles. The van der Waals surface area contributed by atoms with Crippen molar-refractivity contribution in [3.8, 4) is 0 Å². The zero-order chi connectivity index (χ0) is 15.0. The normalized spacial score (nSPS) is 23.9. The van der Waals surface area contributed by atoms with E-state index in [9.17, 15) is 8.42 Å². The summed E-state index contributed by atoms with van der Waals surface area (Å²) in [7, 11) is -3.45. The number of nitrogens with zero attached hydrogens (tertiary/aromatic N) is 1. The van der Waals surface area contributed by atoms with Crippen LogP contribution in [0.25, 0.3) is 0 Å². The van der Waals surface area contributed by atoms with Crippen molar-refractivity contribution in [2.24, 2.45) is 0 Å². The average Bonchev–Trinajstić information content (AvgIpc) is 2.86. The minimum atomic E-state index is -3.45. The van der Waals surface area contributed by atoms with Crippen molar-refractivity contribution in [1.82, 2.24) is 4.31 Å². The summed E-state index contributed by atoms with van der Waals surface area (Å²) in [6.07, 6.45) is 0.583. The number of rotatable bonds is 4. The van der Waals surface area contributed by atoms with Gasteiger partial charge in [-0.25, -0.2) is 8.42 Å². The molecule has 2 heterocycles. The summed E-state index contributed by atoms with van der Waals surface area (Å²) in [5.41, 5.74) is -0.518. The number of aryl methyl sites for hydroxylation is 1. The maximum absolute atomic E-state index is 12.7. The minimum Gasteiger partial charge on any atom is -0.368 e. The molecular weight excluding hydrogens is 318 g/mol. The second-order valence-corrected chi connectivity index (χ2v) is 9.17. The molecule has 0 N–H and O–H groups in total. The Morgan fingerprint density at radius 3 is 2.75 bits per heavy atom. The third-order valence-electron chi connectivity index (χ3n) is 3.20. The molecule has 0 bridgehead atoms. The summed E-state index contributed by atoms with van der Waals surface area (Å²) < 4.78 is 33.1. The van der Waals surface area contributed by atoms with Crippen LogP contribution in [-0.2, 0) is 21.2 Å². The molecular formula is C13H20ClNO3S2. The van der Waals surface area contributed by atoms with E-state index in [4.69, 9.17) is 16.3 Å². The average molecular weight is 338 g/mol. The Hall–Kier alpha value is -0.140. The lowest BCUT2D eigenvalue weighted by Crippen LogP contribution is -2.54. The number of ether oxygens (including phenoxy) is 1. The molecule has 114 valence electrons. The van der Waals surface area contributed by atoms with E-state index in [2.05, 4.69) is 0 Å². The van der Waals surface area contributed by atoms with Crippen LogP contribution in [0.4, 0.5) is 0 Å². The van der Waals surface area contributed by atoms with Crippen LogP contribution in [0, 0.1) is 0 Å². The Morgan fingerprint density at radius 2 is 2.20 bits per heavy atom. The van der Waals surface area contributed by atoms with Gasteiger partial charge in [0, 0.05) is 23.8 Å². The lowest BCUT2D eigenvalue weighted by atomic mass is 10.1. The predicted octanol–water partition coefficient (Wildman–Crippen LogP) is 2.72. The highest BCUT2D eigenvalue weighted by atomic mass is 35.5. The van der Waals surface area contributed by atoms with Gasteiger partial charge in [-0.1, -0.05) is 6.92 Å². The largest absolute Gasteiger partial charge is 0.368 e. The SMILES string of the molecule is CCc1ccc(S(=O)(=O)N2CC(CCl)OC(C)(C)C2)s1. The van der Waals surface area contributed by atoms with Crippen LogP contribution in [0.15, 0.2) is 16.3 Å². The van der Waals surface area contributed by atoms with Gasteiger partial charge in [-0.15, -0.1) is 22.9 Å². The fourth-order valence-corrected chi connectivity index (χ4v) is 5.55. The van der Waals surface area contributed by atoms with Gasteiger partial charge >= 0.3 is 0 Å². The van der Waals surface area contributed by atoms with Crippen molar-refractivity contribution >= 4 is 33.0 Å². The van der Waals surface area contributed by atoms with Gasteiger partial charge in [0.05, 0.1) is 11.7 Å². The Balaban J connectivity index is 2.28. The Bertz CT molecular complexity index is 568. The van der Waals surface area contributed by atoms with Crippen LogP contribution in [0.3, 0.4) is 0 Å². The van der Waals surface area contributed by atoms with Crippen molar-refractivity contribution in [2.75, 3.05) is 19.0 Å². The van der Waals surface area contributed by atoms with E-state index in [1.165, 1.54) is 15.6 Å². The molecule has 1 aromatic rings. The zero-order valence-electron chi connectivity index (χ0n) is 11.9. The zero-order valence-corrected chi connectivity index (χ0v) is 14.3. The van der Waals surface area contributed by atoms with Gasteiger partial charge in [0.2, 0.25) is 0 Å². The summed E-state index contributed by atoms with van der Waals surface area (Å²) in [6, 6.07) is 3.57. The topological polar surface area (TPSA) is 46.6 Å². The summed E-state index contributed by atoms with van der Waals surface area (Å²) in [4.78, 5) is 1.07. The van der Waals surface area contributed by atoms with Gasteiger partial charge in [0.25, 0.3) is 10.0 Å². The Morgan fingerprint density at radius 1 is 1.50 bits per heavy atom. The number of hydrogen-bond donors (Lipinski definition) is 0. The van der Waals surface area contributed by atoms with E-state index in [0.717, 1.165) is 11.3 Å². The second-order valence-electron chi connectivity index (χ2n) is 5.53. The van der Waals surface area contributed by atoms with E-state index in [1.54, 1.807) is 6.07 Å². The smallest absolute Gasteiger partial charge is 0.252 e. The maximum atomic E-state index is 12.7. The summed E-state index contributed by atoms with van der Waals surface area (Å²) in [5.74, 6) is 0.292. The molecule has 1 unspecified atom stereocenters. The highest BCUT2D eigenvalue weighted by Gasteiger charge is 2.39. The van der Waals surface area contributed by atoms with E-state index >= 15 is 0 Å². The highest BCUT2D eigenvalue weighted by Crippen LogP contribution is 2.30. The minimum absolute atomic E-state index is 0.263. The Labute approximate surface area is 129 Å². The monoisotopic (exact) mass is 337 g/mol. The molecule has 4 nitrogen and oxygen atoms in total.